The van der Waals surface area contributed by atoms with E-state index in [9.17, 15) is 0 Å². The zero-order valence-corrected chi connectivity index (χ0v) is 16.0. The maximum atomic E-state index is 6.14. The third-order valence-electron chi connectivity index (χ3n) is 3.25. The largest absolute Gasteiger partial charge is 0.373 e. The van der Waals surface area contributed by atoms with Crippen LogP contribution in [0, 0.1) is 0 Å². The maximum absolute atomic E-state index is 6.14. The molecule has 0 aliphatic heterocycles. The molecule has 0 rings (SSSR count). The van der Waals surface area contributed by atoms with E-state index in [1.54, 1.807) is 0 Å². The zero-order chi connectivity index (χ0) is 17.1. The van der Waals surface area contributed by atoms with Crippen molar-refractivity contribution in [1.29, 1.82) is 0 Å². The molecule has 0 spiro atoms. The summed E-state index contributed by atoms with van der Waals surface area (Å²) in [7, 11) is 16.6. The van der Waals surface area contributed by atoms with Gasteiger partial charge >= 0.3 is 0 Å². The predicted octanol–water partition coefficient (Wildman–Crippen LogP) is 0.00320. The summed E-state index contributed by atoms with van der Waals surface area (Å²) in [6.45, 7) is 5.05. The quantitative estimate of drug-likeness (QED) is 0.475. The van der Waals surface area contributed by atoms with Gasteiger partial charge in [0.1, 0.15) is 0 Å². The fourth-order valence-corrected chi connectivity index (χ4v) is 2.05. The average molecular weight is 319 g/mol. The van der Waals surface area contributed by atoms with Gasteiger partial charge in [-0.1, -0.05) is 0 Å². The number of hydrogen-bond acceptors (Lipinski definition) is 6. The lowest BCUT2D eigenvalue weighted by atomic mass is 10.1. The second kappa shape index (κ2) is 12.2. The lowest BCUT2D eigenvalue weighted by Gasteiger charge is -2.32. The fourth-order valence-electron chi connectivity index (χ4n) is 2.05. The minimum atomic E-state index is 0.0829. The van der Waals surface area contributed by atoms with Crippen molar-refractivity contribution in [1.82, 2.24) is 19.6 Å². The lowest BCUT2D eigenvalue weighted by Crippen LogP contribution is -2.46. The average Bonchev–Trinajstić information content (AvgIpc) is 2.34. The topological polar surface area (TPSA) is 31.4 Å². The van der Waals surface area contributed by atoms with Crippen LogP contribution in [-0.2, 0) is 9.47 Å². The van der Waals surface area contributed by atoms with Crippen LogP contribution in [0.3, 0.4) is 0 Å². The van der Waals surface area contributed by atoms with Gasteiger partial charge < -0.3 is 29.1 Å². The van der Waals surface area contributed by atoms with E-state index in [4.69, 9.17) is 9.47 Å². The first-order valence-electron chi connectivity index (χ1n) is 8.04. The number of hydrogen-bond donors (Lipinski definition) is 0. The Balaban J connectivity index is 4.61. The van der Waals surface area contributed by atoms with Crippen LogP contribution in [0.2, 0.25) is 0 Å². The zero-order valence-electron chi connectivity index (χ0n) is 16.0. The summed E-state index contributed by atoms with van der Waals surface area (Å²) >= 11 is 0. The van der Waals surface area contributed by atoms with Crippen LogP contribution >= 0.6 is 0 Å². The van der Waals surface area contributed by atoms with E-state index in [1.807, 2.05) is 0 Å². The summed E-state index contributed by atoms with van der Waals surface area (Å²) in [6.07, 6.45) is 0.166. The fraction of sp³-hybridized carbons (Fsp3) is 1.00. The van der Waals surface area contributed by atoms with Gasteiger partial charge in [0.05, 0.1) is 25.4 Å². The van der Waals surface area contributed by atoms with E-state index in [0.29, 0.717) is 0 Å². The number of ether oxygens (including phenoxy) is 2. The summed E-state index contributed by atoms with van der Waals surface area (Å²) in [5.41, 5.74) is 0. The Morgan fingerprint density at radius 3 is 1.09 bits per heavy atom. The first-order chi connectivity index (χ1) is 10.2. The summed E-state index contributed by atoms with van der Waals surface area (Å²) in [6, 6.07) is 0. The van der Waals surface area contributed by atoms with Gasteiger partial charge in [-0.05, 0) is 56.4 Å². The van der Waals surface area contributed by atoms with Crippen LogP contribution in [0.5, 0.6) is 0 Å². The van der Waals surface area contributed by atoms with Gasteiger partial charge in [-0.2, -0.15) is 0 Å². The van der Waals surface area contributed by atoms with Crippen LogP contribution in [-0.4, -0.2) is 128 Å². The van der Waals surface area contributed by atoms with Crippen molar-refractivity contribution in [2.75, 3.05) is 95.8 Å². The summed E-state index contributed by atoms with van der Waals surface area (Å²) in [4.78, 5) is 8.61. The first-order valence-corrected chi connectivity index (χ1v) is 8.04. The Labute approximate surface area is 137 Å². The molecule has 0 fully saturated rings. The molecule has 0 saturated heterocycles. The molecular formula is C16H38N4O2. The third-order valence-corrected chi connectivity index (χ3v) is 3.25. The van der Waals surface area contributed by atoms with Gasteiger partial charge in [0, 0.05) is 26.2 Å². The van der Waals surface area contributed by atoms with Gasteiger partial charge in [-0.25, -0.2) is 0 Å². The summed E-state index contributed by atoms with van der Waals surface area (Å²) in [5.74, 6) is 0. The van der Waals surface area contributed by atoms with Crippen LogP contribution < -0.4 is 0 Å². The monoisotopic (exact) mass is 318 g/mol. The highest BCUT2D eigenvalue weighted by Crippen LogP contribution is 2.08. The molecule has 0 heterocycles. The molecule has 0 N–H and O–H groups in total. The van der Waals surface area contributed by atoms with Crippen LogP contribution in [0.25, 0.3) is 0 Å². The Morgan fingerprint density at radius 2 is 0.864 bits per heavy atom. The van der Waals surface area contributed by atoms with Gasteiger partial charge in [-0.3, -0.25) is 0 Å². The molecule has 134 valence electrons. The second-order valence-corrected chi connectivity index (χ2v) is 6.95. The van der Waals surface area contributed by atoms with E-state index in [0.717, 1.165) is 39.4 Å². The normalized spacial score (nSPS) is 15.3. The van der Waals surface area contributed by atoms with Crippen LogP contribution in [0.15, 0.2) is 0 Å². The highest BCUT2D eigenvalue weighted by atomic mass is 16.5. The number of rotatable bonds is 13. The molecule has 0 radical (unpaired) electrons. The molecule has 0 aliphatic carbocycles. The second-order valence-electron chi connectivity index (χ2n) is 6.95. The molecule has 0 aliphatic rings. The highest BCUT2D eigenvalue weighted by Gasteiger charge is 2.24. The molecule has 0 bridgehead atoms. The molecule has 6 nitrogen and oxygen atoms in total. The minimum Gasteiger partial charge on any atom is -0.373 e. The standard InChI is InChI=1S/C16H38N4O2/c1-17(2)9-11-21-15(13-19(5)6)16(14-20(7)8)22-12-10-18(3)4/h15-16H,9-14H2,1-8H3/t15-,16+. The Morgan fingerprint density at radius 1 is 0.545 bits per heavy atom. The molecule has 0 amide bonds. The van der Waals surface area contributed by atoms with Crippen molar-refractivity contribution in [3.8, 4) is 0 Å². The molecule has 0 saturated carbocycles. The third kappa shape index (κ3) is 12.3. The van der Waals surface area contributed by atoms with E-state index < -0.39 is 0 Å². The molecular weight excluding hydrogens is 280 g/mol. The molecule has 0 aromatic carbocycles. The molecule has 0 aromatic heterocycles. The highest BCUT2D eigenvalue weighted by molar-refractivity contribution is 4.76. The summed E-state index contributed by atoms with van der Waals surface area (Å²) in [5, 5.41) is 0. The van der Waals surface area contributed by atoms with Crippen molar-refractivity contribution in [3.05, 3.63) is 0 Å². The van der Waals surface area contributed by atoms with Gasteiger partial charge in [0.25, 0.3) is 0 Å². The van der Waals surface area contributed by atoms with Crippen LogP contribution in [0.4, 0.5) is 0 Å². The van der Waals surface area contributed by atoms with Gasteiger partial charge in [0.2, 0.25) is 0 Å². The van der Waals surface area contributed by atoms with Crippen molar-refractivity contribution in [2.45, 2.75) is 12.2 Å². The van der Waals surface area contributed by atoms with E-state index in [2.05, 4.69) is 76.0 Å². The van der Waals surface area contributed by atoms with Gasteiger partial charge in [-0.15, -0.1) is 0 Å². The van der Waals surface area contributed by atoms with Crippen molar-refractivity contribution in [3.63, 3.8) is 0 Å². The van der Waals surface area contributed by atoms with Gasteiger partial charge in [0.15, 0.2) is 0 Å². The smallest absolute Gasteiger partial charge is 0.0976 e. The van der Waals surface area contributed by atoms with E-state index >= 15 is 0 Å². The minimum absolute atomic E-state index is 0.0829. The number of likely N-dealkylation sites (N-methyl/N-ethyl adjacent to an activating group) is 4. The molecule has 0 aromatic rings. The van der Waals surface area contributed by atoms with Crippen molar-refractivity contribution >= 4 is 0 Å². The molecule has 2 atom stereocenters. The van der Waals surface area contributed by atoms with E-state index in [1.165, 1.54) is 0 Å². The lowest BCUT2D eigenvalue weighted by molar-refractivity contribution is -0.0908. The Hall–Kier alpha value is -0.240. The predicted molar refractivity (Wildman–Crippen MR) is 93.7 cm³/mol. The van der Waals surface area contributed by atoms with Crippen molar-refractivity contribution in [2.24, 2.45) is 0 Å². The van der Waals surface area contributed by atoms with Crippen LogP contribution in [0.1, 0.15) is 0 Å². The molecule has 0 unspecified atom stereocenters. The Bertz CT molecular complexity index is 235. The first kappa shape index (κ1) is 21.8. The SMILES string of the molecule is CN(C)CCO[C@@H](CN(C)C)[C@@H](CN(C)C)OCCN(C)C. The number of nitrogens with zero attached hydrogens (tertiary/aromatic N) is 4. The molecule has 22 heavy (non-hydrogen) atoms. The maximum Gasteiger partial charge on any atom is 0.0976 e. The van der Waals surface area contributed by atoms with E-state index in [-0.39, 0.29) is 12.2 Å². The molecule has 6 heteroatoms. The summed E-state index contributed by atoms with van der Waals surface area (Å²) < 4.78 is 12.3. The van der Waals surface area contributed by atoms with Crippen molar-refractivity contribution < 1.29 is 9.47 Å². The Kier molecular flexibility index (Phi) is 12.1.